The summed E-state index contributed by atoms with van der Waals surface area (Å²) in [4.78, 5) is 11.2. The summed E-state index contributed by atoms with van der Waals surface area (Å²) >= 11 is 3.37. The van der Waals surface area contributed by atoms with Crippen molar-refractivity contribution in [1.29, 1.82) is 0 Å². The largest absolute Gasteiger partial charge is 0.330 e. The van der Waals surface area contributed by atoms with E-state index in [0.717, 1.165) is 16.5 Å². The quantitative estimate of drug-likeness (QED) is 0.759. The summed E-state index contributed by atoms with van der Waals surface area (Å²) in [5.74, 6) is 0. The molecule has 0 saturated heterocycles. The van der Waals surface area contributed by atoms with Crippen molar-refractivity contribution in [2.24, 2.45) is 0 Å². The van der Waals surface area contributed by atoms with Crippen molar-refractivity contribution in [3.8, 4) is 10.6 Å². The van der Waals surface area contributed by atoms with Crippen LogP contribution < -0.4 is 5.32 Å². The third-order valence-electron chi connectivity index (χ3n) is 2.41. The Morgan fingerprint density at radius 3 is 2.79 bits per heavy atom. The van der Waals surface area contributed by atoms with E-state index in [9.17, 15) is 0 Å². The van der Waals surface area contributed by atoms with Gasteiger partial charge in [0, 0.05) is 16.5 Å². The van der Waals surface area contributed by atoms with Gasteiger partial charge in [-0.1, -0.05) is 0 Å². The van der Waals surface area contributed by atoms with Gasteiger partial charge >= 0.3 is 0 Å². The van der Waals surface area contributed by atoms with Gasteiger partial charge in [0.1, 0.15) is 0 Å². The number of aromatic nitrogens is 2. The predicted molar refractivity (Wildman–Crippen MR) is 84.9 cm³/mol. The number of halogens is 1. The summed E-state index contributed by atoms with van der Waals surface area (Å²) in [6.45, 7) is 2.11. The van der Waals surface area contributed by atoms with E-state index in [4.69, 9.17) is 0 Å². The molecule has 3 aromatic heterocycles. The van der Waals surface area contributed by atoms with Crippen LogP contribution in [0.5, 0.6) is 0 Å². The maximum atomic E-state index is 4.58. The minimum absolute atomic E-state index is 0. The Kier molecular flexibility index (Phi) is 4.52. The molecule has 98 valence electrons. The van der Waals surface area contributed by atoms with E-state index in [2.05, 4.69) is 39.7 Å². The molecular weight excluding hydrogens is 298 g/mol. The van der Waals surface area contributed by atoms with Crippen molar-refractivity contribution in [1.82, 2.24) is 9.97 Å². The average Bonchev–Trinajstić information content (AvgIpc) is 2.99. The first-order chi connectivity index (χ1) is 8.81. The average molecular weight is 310 g/mol. The lowest BCUT2D eigenvalue weighted by Gasteiger charge is -1.99. The van der Waals surface area contributed by atoms with Gasteiger partial charge in [-0.25, -0.2) is 4.98 Å². The fourth-order valence-corrected chi connectivity index (χ4v) is 3.21. The van der Waals surface area contributed by atoms with Crippen LogP contribution in [0, 0.1) is 6.92 Å². The number of nitrogens with one attached hydrogen (secondary N) is 1. The Labute approximate surface area is 125 Å². The second-order valence-electron chi connectivity index (χ2n) is 3.81. The van der Waals surface area contributed by atoms with Crippen LogP contribution in [0.3, 0.4) is 0 Å². The lowest BCUT2D eigenvalue weighted by molar-refractivity contribution is 1.31. The number of anilines is 2. The molecule has 3 rings (SSSR count). The van der Waals surface area contributed by atoms with Gasteiger partial charge < -0.3 is 5.32 Å². The third kappa shape index (κ3) is 3.32. The van der Waals surface area contributed by atoms with Crippen LogP contribution in [0.15, 0.2) is 42.0 Å². The van der Waals surface area contributed by atoms with Gasteiger partial charge in [0.2, 0.25) is 0 Å². The molecule has 0 bridgehead atoms. The molecule has 3 aromatic rings. The van der Waals surface area contributed by atoms with E-state index in [1.54, 1.807) is 35.1 Å². The molecule has 6 heteroatoms. The number of hydrogen-bond acceptors (Lipinski definition) is 5. The highest BCUT2D eigenvalue weighted by atomic mass is 35.5. The normalized spacial score (nSPS) is 9.95. The second kappa shape index (κ2) is 6.14. The molecule has 0 atom stereocenters. The zero-order valence-electron chi connectivity index (χ0n) is 10.2. The number of nitrogens with zero attached hydrogens (tertiary/aromatic N) is 2. The van der Waals surface area contributed by atoms with Crippen LogP contribution in [0.25, 0.3) is 10.6 Å². The molecular formula is C13H12ClN3S2. The molecule has 0 unspecified atom stereocenters. The van der Waals surface area contributed by atoms with Crippen molar-refractivity contribution >= 4 is 45.9 Å². The summed E-state index contributed by atoms with van der Waals surface area (Å²) in [6, 6.07) is 8.11. The molecule has 0 fully saturated rings. The zero-order chi connectivity index (χ0) is 12.4. The summed E-state index contributed by atoms with van der Waals surface area (Å²) in [5, 5.41) is 6.22. The SMILES string of the molecule is Cc1ccc(-c2csc(Nc3cccnc3)n2)s1.Cl. The number of aryl methyl sites for hydroxylation is 1. The highest BCUT2D eigenvalue weighted by Gasteiger charge is 2.06. The number of rotatable bonds is 3. The van der Waals surface area contributed by atoms with Gasteiger partial charge in [-0.2, -0.15) is 0 Å². The Morgan fingerprint density at radius 1 is 1.21 bits per heavy atom. The minimum atomic E-state index is 0. The predicted octanol–water partition coefficient (Wildman–Crippen LogP) is 4.74. The molecule has 0 saturated carbocycles. The van der Waals surface area contributed by atoms with Gasteiger partial charge in [0.25, 0.3) is 0 Å². The maximum Gasteiger partial charge on any atom is 0.187 e. The second-order valence-corrected chi connectivity index (χ2v) is 5.96. The highest BCUT2D eigenvalue weighted by molar-refractivity contribution is 7.17. The highest BCUT2D eigenvalue weighted by Crippen LogP contribution is 2.31. The molecule has 1 N–H and O–H groups in total. The van der Waals surface area contributed by atoms with Crippen LogP contribution >= 0.6 is 35.1 Å². The van der Waals surface area contributed by atoms with Crippen molar-refractivity contribution in [3.63, 3.8) is 0 Å². The lowest BCUT2D eigenvalue weighted by atomic mass is 10.4. The van der Waals surface area contributed by atoms with Gasteiger partial charge in [-0.05, 0) is 31.2 Å². The Hall–Kier alpha value is -1.43. The van der Waals surface area contributed by atoms with Gasteiger partial charge in [-0.15, -0.1) is 35.1 Å². The maximum absolute atomic E-state index is 4.58. The van der Waals surface area contributed by atoms with Crippen LogP contribution in [0.2, 0.25) is 0 Å². The summed E-state index contributed by atoms with van der Waals surface area (Å²) in [5.41, 5.74) is 1.99. The minimum Gasteiger partial charge on any atom is -0.330 e. The molecule has 0 spiro atoms. The number of pyridine rings is 1. The third-order valence-corrected chi connectivity index (χ3v) is 4.19. The topological polar surface area (TPSA) is 37.8 Å². The number of hydrogen-bond donors (Lipinski definition) is 1. The lowest BCUT2D eigenvalue weighted by Crippen LogP contribution is -1.89. The zero-order valence-corrected chi connectivity index (χ0v) is 12.6. The first kappa shape index (κ1) is 14.0. The first-order valence-corrected chi connectivity index (χ1v) is 7.20. The molecule has 0 aliphatic carbocycles. The van der Waals surface area contributed by atoms with Gasteiger partial charge in [0.05, 0.1) is 22.5 Å². The Bertz CT molecular complexity index is 649. The summed E-state index contributed by atoms with van der Waals surface area (Å²) in [6.07, 6.45) is 3.54. The smallest absolute Gasteiger partial charge is 0.187 e. The van der Waals surface area contributed by atoms with Crippen LogP contribution in [0.4, 0.5) is 10.8 Å². The van der Waals surface area contributed by atoms with Crippen LogP contribution in [-0.2, 0) is 0 Å². The standard InChI is InChI=1S/C13H11N3S2.ClH/c1-9-4-5-12(18-9)11-8-17-13(16-11)15-10-3-2-6-14-7-10;/h2-8H,1H3,(H,15,16);1H. The molecule has 3 heterocycles. The van der Waals surface area contributed by atoms with Crippen molar-refractivity contribution in [3.05, 3.63) is 46.9 Å². The molecule has 0 aliphatic heterocycles. The fourth-order valence-electron chi connectivity index (χ4n) is 1.58. The molecule has 3 nitrogen and oxygen atoms in total. The first-order valence-electron chi connectivity index (χ1n) is 5.51. The Morgan fingerprint density at radius 2 is 2.11 bits per heavy atom. The van der Waals surface area contributed by atoms with E-state index < -0.39 is 0 Å². The van der Waals surface area contributed by atoms with Crippen molar-refractivity contribution in [2.45, 2.75) is 6.92 Å². The summed E-state index contributed by atoms with van der Waals surface area (Å²) in [7, 11) is 0. The van der Waals surface area contributed by atoms with E-state index >= 15 is 0 Å². The fraction of sp³-hybridized carbons (Fsp3) is 0.0769. The van der Waals surface area contributed by atoms with Crippen LogP contribution in [-0.4, -0.2) is 9.97 Å². The van der Waals surface area contributed by atoms with E-state index in [0.29, 0.717) is 0 Å². The summed E-state index contributed by atoms with van der Waals surface area (Å²) < 4.78 is 0. The van der Waals surface area contributed by atoms with Gasteiger partial charge in [-0.3, -0.25) is 4.98 Å². The van der Waals surface area contributed by atoms with E-state index in [1.807, 2.05) is 12.1 Å². The Balaban J connectivity index is 0.00000133. The monoisotopic (exact) mass is 309 g/mol. The van der Waals surface area contributed by atoms with Crippen LogP contribution in [0.1, 0.15) is 4.88 Å². The molecule has 0 aliphatic rings. The number of thiophene rings is 1. The van der Waals surface area contributed by atoms with E-state index in [-0.39, 0.29) is 12.4 Å². The van der Waals surface area contributed by atoms with E-state index in [1.165, 1.54) is 9.75 Å². The molecule has 0 amide bonds. The molecule has 19 heavy (non-hydrogen) atoms. The van der Waals surface area contributed by atoms with Crippen molar-refractivity contribution in [2.75, 3.05) is 5.32 Å². The van der Waals surface area contributed by atoms with Crippen molar-refractivity contribution < 1.29 is 0 Å². The van der Waals surface area contributed by atoms with Gasteiger partial charge in [0.15, 0.2) is 5.13 Å². The molecule has 0 radical (unpaired) electrons. The molecule has 0 aromatic carbocycles. The number of thiazole rings is 1.